The second-order valence-corrected chi connectivity index (χ2v) is 4.33. The summed E-state index contributed by atoms with van der Waals surface area (Å²) in [5, 5.41) is 0. The number of hydrogen-bond donors (Lipinski definition) is 0. The average molecular weight is 254 g/mol. The minimum absolute atomic E-state index is 0.263. The van der Waals surface area contributed by atoms with Crippen molar-refractivity contribution in [1.29, 1.82) is 0 Å². The molecule has 1 aromatic carbocycles. The van der Waals surface area contributed by atoms with E-state index in [1.807, 2.05) is 29.8 Å². The van der Waals surface area contributed by atoms with Gasteiger partial charge in [-0.2, -0.15) is 0 Å². The van der Waals surface area contributed by atoms with Gasteiger partial charge in [-0.25, -0.2) is 15.0 Å². The summed E-state index contributed by atoms with van der Waals surface area (Å²) in [5.74, 6) is 2.11. The van der Waals surface area contributed by atoms with E-state index in [2.05, 4.69) is 15.0 Å². The molecule has 6 heteroatoms. The van der Waals surface area contributed by atoms with E-state index in [0.29, 0.717) is 11.5 Å². The lowest BCUT2D eigenvalue weighted by Gasteiger charge is -2.02. The fraction of sp³-hybridized carbons (Fsp3) is 0.154. The van der Waals surface area contributed by atoms with Gasteiger partial charge in [-0.15, -0.1) is 0 Å². The SMILES string of the molecule is Cn1cnc2nc(-c3ccc4c(c3)OCO4)ncc21. The number of aryl methyl sites for hydroxylation is 1. The van der Waals surface area contributed by atoms with Crippen molar-refractivity contribution in [2.24, 2.45) is 7.05 Å². The number of benzene rings is 1. The maximum atomic E-state index is 5.35. The number of ether oxygens (including phenoxy) is 2. The second-order valence-electron chi connectivity index (χ2n) is 4.33. The normalized spacial score (nSPS) is 13.1. The number of aromatic nitrogens is 4. The van der Waals surface area contributed by atoms with Crippen LogP contribution < -0.4 is 9.47 Å². The standard InChI is InChI=1S/C13H10N4O2/c1-17-6-15-13-9(17)5-14-12(16-13)8-2-3-10-11(4-8)19-7-18-10/h2-6H,7H2,1H3. The molecule has 0 amide bonds. The van der Waals surface area contributed by atoms with E-state index >= 15 is 0 Å². The molecule has 2 aromatic heterocycles. The minimum Gasteiger partial charge on any atom is -0.454 e. The Kier molecular flexibility index (Phi) is 2.00. The zero-order valence-corrected chi connectivity index (χ0v) is 10.2. The van der Waals surface area contributed by atoms with Gasteiger partial charge in [0.15, 0.2) is 23.0 Å². The van der Waals surface area contributed by atoms with Crippen LogP contribution in [0.15, 0.2) is 30.7 Å². The van der Waals surface area contributed by atoms with E-state index in [1.54, 1.807) is 12.5 Å². The van der Waals surface area contributed by atoms with Crippen molar-refractivity contribution in [3.63, 3.8) is 0 Å². The molecule has 0 saturated heterocycles. The number of hydrogen-bond acceptors (Lipinski definition) is 5. The molecule has 0 atom stereocenters. The Morgan fingerprint density at radius 3 is 3.00 bits per heavy atom. The van der Waals surface area contributed by atoms with Gasteiger partial charge >= 0.3 is 0 Å². The summed E-state index contributed by atoms with van der Waals surface area (Å²) in [6.45, 7) is 0.263. The Balaban J connectivity index is 1.85. The highest BCUT2D eigenvalue weighted by Crippen LogP contribution is 2.35. The summed E-state index contributed by atoms with van der Waals surface area (Å²) in [5.41, 5.74) is 2.48. The highest BCUT2D eigenvalue weighted by Gasteiger charge is 2.15. The lowest BCUT2D eigenvalue weighted by atomic mass is 10.2. The van der Waals surface area contributed by atoms with Crippen LogP contribution >= 0.6 is 0 Å². The molecule has 0 radical (unpaired) electrons. The van der Waals surface area contributed by atoms with Gasteiger partial charge < -0.3 is 14.0 Å². The van der Waals surface area contributed by atoms with Crippen LogP contribution in [0.4, 0.5) is 0 Å². The number of imidazole rings is 1. The van der Waals surface area contributed by atoms with Crippen LogP contribution in [0.2, 0.25) is 0 Å². The fourth-order valence-electron chi connectivity index (χ4n) is 2.09. The molecule has 3 aromatic rings. The maximum Gasteiger partial charge on any atom is 0.231 e. The molecular formula is C13H10N4O2. The van der Waals surface area contributed by atoms with Crippen LogP contribution in [0.5, 0.6) is 11.5 Å². The van der Waals surface area contributed by atoms with Crippen molar-refractivity contribution in [2.45, 2.75) is 0 Å². The van der Waals surface area contributed by atoms with Crippen LogP contribution in [0, 0.1) is 0 Å². The summed E-state index contributed by atoms with van der Waals surface area (Å²) < 4.78 is 12.5. The Hall–Kier alpha value is -2.63. The van der Waals surface area contributed by atoms with Gasteiger partial charge in [-0.1, -0.05) is 0 Å². The van der Waals surface area contributed by atoms with Gasteiger partial charge in [0.2, 0.25) is 6.79 Å². The minimum atomic E-state index is 0.263. The van der Waals surface area contributed by atoms with Gasteiger partial charge in [0, 0.05) is 12.6 Å². The molecule has 0 bridgehead atoms. The second kappa shape index (κ2) is 3.68. The first kappa shape index (κ1) is 10.3. The van der Waals surface area contributed by atoms with Crippen molar-refractivity contribution in [2.75, 3.05) is 6.79 Å². The quantitative estimate of drug-likeness (QED) is 0.662. The first-order chi connectivity index (χ1) is 9.31. The zero-order valence-electron chi connectivity index (χ0n) is 10.2. The lowest BCUT2D eigenvalue weighted by molar-refractivity contribution is 0.174. The fourth-order valence-corrected chi connectivity index (χ4v) is 2.09. The van der Waals surface area contributed by atoms with Gasteiger partial charge in [-0.05, 0) is 18.2 Å². The average Bonchev–Trinajstić information content (AvgIpc) is 3.04. The molecule has 1 aliphatic heterocycles. The first-order valence-electron chi connectivity index (χ1n) is 5.85. The Morgan fingerprint density at radius 1 is 1.16 bits per heavy atom. The first-order valence-corrected chi connectivity index (χ1v) is 5.85. The summed E-state index contributed by atoms with van der Waals surface area (Å²) in [6, 6.07) is 5.66. The predicted molar refractivity (Wildman–Crippen MR) is 67.9 cm³/mol. The summed E-state index contributed by atoms with van der Waals surface area (Å²) in [7, 11) is 1.92. The number of nitrogens with zero attached hydrogens (tertiary/aromatic N) is 4. The largest absolute Gasteiger partial charge is 0.454 e. The molecule has 0 spiro atoms. The summed E-state index contributed by atoms with van der Waals surface area (Å²) in [6.07, 6.45) is 3.50. The topological polar surface area (TPSA) is 62.1 Å². The predicted octanol–water partition coefficient (Wildman–Crippen LogP) is 1.76. The van der Waals surface area contributed by atoms with Gasteiger partial charge in [0.1, 0.15) is 5.52 Å². The van der Waals surface area contributed by atoms with E-state index in [9.17, 15) is 0 Å². The Bertz CT molecular complexity index is 781. The van der Waals surface area contributed by atoms with Crippen LogP contribution in [0.25, 0.3) is 22.6 Å². The van der Waals surface area contributed by atoms with E-state index in [4.69, 9.17) is 9.47 Å². The van der Waals surface area contributed by atoms with Gasteiger partial charge in [-0.3, -0.25) is 0 Å². The van der Waals surface area contributed by atoms with Crippen LogP contribution in [-0.2, 0) is 7.05 Å². The maximum absolute atomic E-state index is 5.35. The van der Waals surface area contributed by atoms with E-state index in [0.717, 1.165) is 22.6 Å². The van der Waals surface area contributed by atoms with Crippen LogP contribution in [0.3, 0.4) is 0 Å². The lowest BCUT2D eigenvalue weighted by Crippen LogP contribution is -1.93. The van der Waals surface area contributed by atoms with Crippen molar-refractivity contribution in [3.8, 4) is 22.9 Å². The van der Waals surface area contributed by atoms with Crippen LogP contribution in [0.1, 0.15) is 0 Å². The molecule has 0 unspecified atom stereocenters. The monoisotopic (exact) mass is 254 g/mol. The van der Waals surface area contributed by atoms with Crippen LogP contribution in [-0.4, -0.2) is 26.3 Å². The molecule has 4 rings (SSSR count). The number of rotatable bonds is 1. The van der Waals surface area contributed by atoms with Gasteiger partial charge in [0.05, 0.1) is 12.5 Å². The molecular weight excluding hydrogens is 244 g/mol. The highest BCUT2D eigenvalue weighted by molar-refractivity contribution is 5.73. The molecule has 94 valence electrons. The summed E-state index contributed by atoms with van der Waals surface area (Å²) >= 11 is 0. The molecule has 3 heterocycles. The molecule has 1 aliphatic rings. The third-order valence-electron chi connectivity index (χ3n) is 3.11. The van der Waals surface area contributed by atoms with E-state index < -0.39 is 0 Å². The Labute approximate surface area is 108 Å². The van der Waals surface area contributed by atoms with Crippen molar-refractivity contribution < 1.29 is 9.47 Å². The van der Waals surface area contributed by atoms with E-state index in [1.165, 1.54) is 0 Å². The third-order valence-corrected chi connectivity index (χ3v) is 3.11. The molecule has 0 saturated carbocycles. The zero-order chi connectivity index (χ0) is 12.8. The molecule has 19 heavy (non-hydrogen) atoms. The van der Waals surface area contributed by atoms with Crippen molar-refractivity contribution in [1.82, 2.24) is 19.5 Å². The van der Waals surface area contributed by atoms with Crippen molar-refractivity contribution >= 4 is 11.2 Å². The highest BCUT2D eigenvalue weighted by atomic mass is 16.7. The summed E-state index contributed by atoms with van der Waals surface area (Å²) in [4.78, 5) is 13.1. The number of fused-ring (bicyclic) bond motifs is 2. The molecule has 6 nitrogen and oxygen atoms in total. The molecule has 0 N–H and O–H groups in total. The molecule has 0 fully saturated rings. The Morgan fingerprint density at radius 2 is 2.05 bits per heavy atom. The molecule has 0 aliphatic carbocycles. The third kappa shape index (κ3) is 1.53. The van der Waals surface area contributed by atoms with Crippen molar-refractivity contribution in [3.05, 3.63) is 30.7 Å². The van der Waals surface area contributed by atoms with Gasteiger partial charge in [0.25, 0.3) is 0 Å². The smallest absolute Gasteiger partial charge is 0.231 e. The van der Waals surface area contributed by atoms with E-state index in [-0.39, 0.29) is 6.79 Å².